The smallest absolute Gasteiger partial charge is 0.311 e. The minimum absolute atomic E-state index is 0.00631. The van der Waals surface area contributed by atoms with Crippen LogP contribution < -0.4 is 0 Å². The molecule has 2 rings (SSSR count). The van der Waals surface area contributed by atoms with Crippen LogP contribution in [0.4, 0.5) is 0 Å². The third-order valence-corrected chi connectivity index (χ3v) is 3.32. The summed E-state index contributed by atoms with van der Waals surface area (Å²) in [5.41, 5.74) is 0.628. The second-order valence-corrected chi connectivity index (χ2v) is 5.09. The molecule has 0 radical (unpaired) electrons. The standard InChI is InChI=1S/C15H18ClN3O2/c1-3-9-19(10-4-2)15(20)14-18-17-13(21-14)11-7-5-6-8-12(11)16/h5-8H,3-4,9-10H2,1-2H3. The molecule has 0 saturated carbocycles. The Balaban J connectivity index is 2.23. The number of halogens is 1. The van der Waals surface area contributed by atoms with E-state index in [0.717, 1.165) is 12.8 Å². The fourth-order valence-electron chi connectivity index (χ4n) is 2.04. The van der Waals surface area contributed by atoms with Crippen molar-refractivity contribution in [2.45, 2.75) is 26.7 Å². The second-order valence-electron chi connectivity index (χ2n) is 4.68. The fourth-order valence-corrected chi connectivity index (χ4v) is 2.26. The Morgan fingerprint density at radius 2 is 1.86 bits per heavy atom. The fraction of sp³-hybridized carbons (Fsp3) is 0.400. The number of benzene rings is 1. The Labute approximate surface area is 128 Å². The van der Waals surface area contributed by atoms with Crippen LogP contribution >= 0.6 is 11.6 Å². The van der Waals surface area contributed by atoms with Crippen LogP contribution in [0, 0.1) is 0 Å². The summed E-state index contributed by atoms with van der Waals surface area (Å²) in [5.74, 6) is 0.0354. The van der Waals surface area contributed by atoms with Crippen molar-refractivity contribution in [3.05, 3.63) is 35.2 Å². The molecule has 0 atom stereocenters. The van der Waals surface area contributed by atoms with Crippen LogP contribution in [0.1, 0.15) is 37.4 Å². The zero-order valence-corrected chi connectivity index (χ0v) is 12.9. The van der Waals surface area contributed by atoms with Gasteiger partial charge in [0.25, 0.3) is 0 Å². The van der Waals surface area contributed by atoms with Crippen LogP contribution in [0.2, 0.25) is 5.02 Å². The van der Waals surface area contributed by atoms with E-state index in [-0.39, 0.29) is 17.7 Å². The highest BCUT2D eigenvalue weighted by Gasteiger charge is 2.22. The minimum atomic E-state index is -0.232. The summed E-state index contributed by atoms with van der Waals surface area (Å²) in [4.78, 5) is 14.1. The van der Waals surface area contributed by atoms with Gasteiger partial charge >= 0.3 is 11.8 Å². The molecule has 0 unspecified atom stereocenters. The molecule has 5 nitrogen and oxygen atoms in total. The van der Waals surface area contributed by atoms with Crippen molar-refractivity contribution < 1.29 is 9.21 Å². The molecular weight excluding hydrogens is 290 g/mol. The molecule has 1 heterocycles. The van der Waals surface area contributed by atoms with Crippen molar-refractivity contribution in [2.75, 3.05) is 13.1 Å². The lowest BCUT2D eigenvalue weighted by Crippen LogP contribution is -2.32. The number of rotatable bonds is 6. The van der Waals surface area contributed by atoms with Gasteiger partial charge in [-0.05, 0) is 25.0 Å². The zero-order valence-electron chi connectivity index (χ0n) is 12.2. The van der Waals surface area contributed by atoms with E-state index < -0.39 is 0 Å². The van der Waals surface area contributed by atoms with Crippen LogP contribution in [-0.4, -0.2) is 34.1 Å². The topological polar surface area (TPSA) is 59.2 Å². The van der Waals surface area contributed by atoms with Crippen molar-refractivity contribution in [1.82, 2.24) is 15.1 Å². The van der Waals surface area contributed by atoms with Crippen LogP contribution in [0.3, 0.4) is 0 Å². The van der Waals surface area contributed by atoms with Gasteiger partial charge in [-0.1, -0.05) is 37.6 Å². The predicted octanol–water partition coefficient (Wildman–Crippen LogP) is 3.65. The van der Waals surface area contributed by atoms with E-state index in [1.165, 1.54) is 0 Å². The summed E-state index contributed by atoms with van der Waals surface area (Å²) in [6, 6.07) is 7.16. The molecule has 0 aliphatic carbocycles. The Morgan fingerprint density at radius 1 is 1.19 bits per heavy atom. The summed E-state index contributed by atoms with van der Waals surface area (Å²) < 4.78 is 5.49. The van der Waals surface area contributed by atoms with E-state index >= 15 is 0 Å². The van der Waals surface area contributed by atoms with E-state index in [1.54, 1.807) is 17.0 Å². The third-order valence-electron chi connectivity index (χ3n) is 2.99. The highest BCUT2D eigenvalue weighted by Crippen LogP contribution is 2.26. The number of hydrogen-bond donors (Lipinski definition) is 0. The monoisotopic (exact) mass is 307 g/mol. The van der Waals surface area contributed by atoms with Crippen molar-refractivity contribution in [2.24, 2.45) is 0 Å². The quantitative estimate of drug-likeness (QED) is 0.817. The van der Waals surface area contributed by atoms with Crippen molar-refractivity contribution in [1.29, 1.82) is 0 Å². The number of aromatic nitrogens is 2. The first-order valence-corrected chi connectivity index (χ1v) is 7.42. The van der Waals surface area contributed by atoms with Gasteiger partial charge in [0.15, 0.2) is 0 Å². The van der Waals surface area contributed by atoms with Gasteiger partial charge in [0, 0.05) is 13.1 Å². The molecular formula is C15H18ClN3O2. The van der Waals surface area contributed by atoms with Gasteiger partial charge in [0.05, 0.1) is 10.6 Å². The lowest BCUT2D eigenvalue weighted by atomic mass is 10.2. The van der Waals surface area contributed by atoms with Gasteiger partial charge in [0.1, 0.15) is 0 Å². The first kappa shape index (κ1) is 15.5. The number of carbonyl (C=O) groups is 1. The Bertz CT molecular complexity index is 606. The first-order chi connectivity index (χ1) is 10.2. The van der Waals surface area contributed by atoms with Gasteiger partial charge in [0.2, 0.25) is 5.89 Å². The van der Waals surface area contributed by atoms with Crippen molar-refractivity contribution in [3.8, 4) is 11.5 Å². The molecule has 0 fully saturated rings. The lowest BCUT2D eigenvalue weighted by molar-refractivity contribution is 0.0716. The van der Waals surface area contributed by atoms with Gasteiger partial charge in [-0.2, -0.15) is 0 Å². The molecule has 0 saturated heterocycles. The maximum absolute atomic E-state index is 12.4. The molecule has 112 valence electrons. The molecule has 1 amide bonds. The van der Waals surface area contributed by atoms with Gasteiger partial charge < -0.3 is 9.32 Å². The normalized spacial score (nSPS) is 10.6. The number of hydrogen-bond acceptors (Lipinski definition) is 4. The Kier molecular flexibility index (Phi) is 5.33. The minimum Gasteiger partial charge on any atom is -0.412 e. The van der Waals surface area contributed by atoms with E-state index in [4.69, 9.17) is 16.0 Å². The average molecular weight is 308 g/mol. The van der Waals surface area contributed by atoms with Crippen LogP contribution in [0.5, 0.6) is 0 Å². The summed E-state index contributed by atoms with van der Waals surface area (Å²) in [7, 11) is 0. The summed E-state index contributed by atoms with van der Waals surface area (Å²) in [5, 5.41) is 8.29. The maximum atomic E-state index is 12.4. The van der Waals surface area contributed by atoms with Crippen LogP contribution in [0.15, 0.2) is 28.7 Å². The summed E-state index contributed by atoms with van der Waals surface area (Å²) in [6.45, 7) is 5.41. The number of nitrogens with zero attached hydrogens (tertiary/aromatic N) is 3. The Morgan fingerprint density at radius 3 is 2.48 bits per heavy atom. The van der Waals surface area contributed by atoms with Crippen molar-refractivity contribution in [3.63, 3.8) is 0 Å². The highest BCUT2D eigenvalue weighted by atomic mass is 35.5. The number of amides is 1. The SMILES string of the molecule is CCCN(CCC)C(=O)c1nnc(-c2ccccc2Cl)o1. The Hall–Kier alpha value is -1.88. The molecule has 0 N–H and O–H groups in total. The largest absolute Gasteiger partial charge is 0.412 e. The first-order valence-electron chi connectivity index (χ1n) is 7.05. The van der Waals surface area contributed by atoms with Crippen LogP contribution in [0.25, 0.3) is 11.5 Å². The molecule has 1 aromatic carbocycles. The third kappa shape index (κ3) is 3.61. The lowest BCUT2D eigenvalue weighted by Gasteiger charge is -2.18. The molecule has 2 aromatic rings. The maximum Gasteiger partial charge on any atom is 0.311 e. The molecule has 0 spiro atoms. The molecule has 6 heteroatoms. The van der Waals surface area contributed by atoms with Gasteiger partial charge in [-0.25, -0.2) is 0 Å². The van der Waals surface area contributed by atoms with Gasteiger partial charge in [-0.3, -0.25) is 4.79 Å². The molecule has 21 heavy (non-hydrogen) atoms. The average Bonchev–Trinajstić information content (AvgIpc) is 2.96. The molecule has 0 aliphatic heterocycles. The van der Waals surface area contributed by atoms with E-state index in [1.807, 2.05) is 26.0 Å². The predicted molar refractivity (Wildman–Crippen MR) is 81.2 cm³/mol. The summed E-state index contributed by atoms with van der Waals surface area (Å²) >= 11 is 6.09. The van der Waals surface area contributed by atoms with Crippen LogP contribution in [-0.2, 0) is 0 Å². The molecule has 0 aliphatic rings. The van der Waals surface area contributed by atoms with E-state index in [0.29, 0.717) is 23.7 Å². The zero-order chi connectivity index (χ0) is 15.2. The van der Waals surface area contributed by atoms with E-state index in [9.17, 15) is 4.79 Å². The van der Waals surface area contributed by atoms with Gasteiger partial charge in [-0.15, -0.1) is 10.2 Å². The molecule has 0 bridgehead atoms. The number of carbonyl (C=O) groups excluding carboxylic acids is 1. The molecule has 1 aromatic heterocycles. The van der Waals surface area contributed by atoms with Crippen molar-refractivity contribution >= 4 is 17.5 Å². The second kappa shape index (κ2) is 7.22. The van der Waals surface area contributed by atoms with E-state index in [2.05, 4.69) is 10.2 Å². The summed E-state index contributed by atoms with van der Waals surface area (Å²) in [6.07, 6.45) is 1.77. The highest BCUT2D eigenvalue weighted by molar-refractivity contribution is 6.33.